The number of amides is 2. The highest BCUT2D eigenvalue weighted by Gasteiger charge is 2.30. The van der Waals surface area contributed by atoms with E-state index in [4.69, 9.17) is 4.74 Å². The van der Waals surface area contributed by atoms with E-state index in [0.717, 1.165) is 31.5 Å². The average Bonchev–Trinajstić information content (AvgIpc) is 2.98. The molecule has 1 saturated heterocycles. The summed E-state index contributed by atoms with van der Waals surface area (Å²) in [5.41, 5.74) is 1.86. The first-order valence-corrected chi connectivity index (χ1v) is 9.20. The topological polar surface area (TPSA) is 49.9 Å². The molecule has 136 valence electrons. The lowest BCUT2D eigenvalue weighted by atomic mass is 9.93. The summed E-state index contributed by atoms with van der Waals surface area (Å²) < 4.78 is 5.43. The predicted octanol–water partition coefficient (Wildman–Crippen LogP) is 3.61. The van der Waals surface area contributed by atoms with E-state index in [9.17, 15) is 9.59 Å². The maximum atomic E-state index is 12.7. The van der Waals surface area contributed by atoms with Crippen LogP contribution in [-0.2, 0) is 16.0 Å². The highest BCUT2D eigenvalue weighted by Crippen LogP contribution is 2.30. The molecule has 0 bridgehead atoms. The van der Waals surface area contributed by atoms with Gasteiger partial charge >= 0.3 is 6.09 Å². The van der Waals surface area contributed by atoms with E-state index in [1.165, 1.54) is 5.56 Å². The number of anilines is 1. The van der Waals surface area contributed by atoms with Gasteiger partial charge in [-0.2, -0.15) is 0 Å². The number of hydrogen-bond acceptors (Lipinski definition) is 3. The fraction of sp³-hybridized carbons (Fsp3) is 0.600. The molecular weight excluding hydrogens is 316 g/mol. The van der Waals surface area contributed by atoms with Crippen LogP contribution in [0.2, 0.25) is 0 Å². The van der Waals surface area contributed by atoms with Gasteiger partial charge in [0.1, 0.15) is 5.60 Å². The molecule has 2 heterocycles. The molecule has 25 heavy (non-hydrogen) atoms. The number of para-hydroxylation sites is 1. The first-order chi connectivity index (χ1) is 11.8. The van der Waals surface area contributed by atoms with Crippen molar-refractivity contribution in [1.29, 1.82) is 0 Å². The molecule has 0 aliphatic carbocycles. The largest absolute Gasteiger partial charge is 0.444 e. The lowest BCUT2D eigenvalue weighted by Crippen LogP contribution is -2.42. The van der Waals surface area contributed by atoms with Crippen molar-refractivity contribution in [3.63, 3.8) is 0 Å². The second kappa shape index (κ2) is 7.06. The molecule has 5 heteroatoms. The van der Waals surface area contributed by atoms with Gasteiger partial charge in [0.25, 0.3) is 0 Å². The molecule has 2 aliphatic rings. The zero-order valence-electron chi connectivity index (χ0n) is 15.5. The summed E-state index contributed by atoms with van der Waals surface area (Å²) in [4.78, 5) is 28.5. The van der Waals surface area contributed by atoms with Crippen molar-refractivity contribution < 1.29 is 14.3 Å². The summed E-state index contributed by atoms with van der Waals surface area (Å²) in [6, 6.07) is 8.15. The molecule has 0 saturated carbocycles. The third-order valence-corrected chi connectivity index (χ3v) is 4.92. The SMILES string of the molecule is CC(C)(C)OC(=O)N1CCC(CC(=O)N2CCc3ccccc32)CC1. The molecule has 2 aliphatic heterocycles. The van der Waals surface area contributed by atoms with Gasteiger partial charge in [0, 0.05) is 31.7 Å². The number of fused-ring (bicyclic) bond motifs is 1. The predicted molar refractivity (Wildman–Crippen MR) is 97.6 cm³/mol. The van der Waals surface area contributed by atoms with Crippen LogP contribution in [0.15, 0.2) is 24.3 Å². The zero-order valence-corrected chi connectivity index (χ0v) is 15.5. The van der Waals surface area contributed by atoms with Gasteiger partial charge in [0.2, 0.25) is 5.91 Å². The summed E-state index contributed by atoms with van der Waals surface area (Å²) in [7, 11) is 0. The number of rotatable bonds is 2. The van der Waals surface area contributed by atoms with E-state index >= 15 is 0 Å². The minimum absolute atomic E-state index is 0.209. The third kappa shape index (κ3) is 4.33. The Morgan fingerprint density at radius 1 is 1.12 bits per heavy atom. The second-order valence-corrected chi connectivity index (χ2v) is 8.04. The molecule has 1 aromatic rings. The van der Waals surface area contributed by atoms with Gasteiger partial charge in [0.05, 0.1) is 0 Å². The monoisotopic (exact) mass is 344 g/mol. The summed E-state index contributed by atoms with van der Waals surface area (Å²) in [5.74, 6) is 0.555. The lowest BCUT2D eigenvalue weighted by Gasteiger charge is -2.33. The molecule has 0 atom stereocenters. The van der Waals surface area contributed by atoms with Crippen molar-refractivity contribution in [3.8, 4) is 0 Å². The van der Waals surface area contributed by atoms with Gasteiger partial charge in [-0.1, -0.05) is 18.2 Å². The van der Waals surface area contributed by atoms with Gasteiger partial charge in [-0.3, -0.25) is 4.79 Å². The van der Waals surface area contributed by atoms with E-state index in [2.05, 4.69) is 6.07 Å². The van der Waals surface area contributed by atoms with Crippen molar-refractivity contribution >= 4 is 17.7 Å². The molecule has 0 radical (unpaired) electrons. The van der Waals surface area contributed by atoms with Crippen LogP contribution in [0.25, 0.3) is 0 Å². The van der Waals surface area contributed by atoms with E-state index in [1.807, 2.05) is 43.9 Å². The van der Waals surface area contributed by atoms with Crippen LogP contribution in [0.1, 0.15) is 45.6 Å². The standard InChI is InChI=1S/C20H28N2O3/c1-20(2,3)25-19(24)21-11-8-15(9-12-21)14-18(23)22-13-10-16-6-4-5-7-17(16)22/h4-7,15H,8-14H2,1-3H3. The minimum Gasteiger partial charge on any atom is -0.444 e. The molecule has 0 N–H and O–H groups in total. The van der Waals surface area contributed by atoms with Crippen molar-refractivity contribution in [2.75, 3.05) is 24.5 Å². The molecule has 2 amide bonds. The van der Waals surface area contributed by atoms with Crippen molar-refractivity contribution in [3.05, 3.63) is 29.8 Å². The molecule has 0 unspecified atom stereocenters. The van der Waals surface area contributed by atoms with E-state index in [1.54, 1.807) is 4.90 Å². The van der Waals surface area contributed by atoms with Crippen molar-refractivity contribution in [1.82, 2.24) is 4.90 Å². The number of benzene rings is 1. The van der Waals surface area contributed by atoms with Crippen LogP contribution >= 0.6 is 0 Å². The van der Waals surface area contributed by atoms with Gasteiger partial charge in [-0.05, 0) is 57.6 Å². The van der Waals surface area contributed by atoms with Crippen molar-refractivity contribution in [2.24, 2.45) is 5.92 Å². The first-order valence-electron chi connectivity index (χ1n) is 9.20. The number of ether oxygens (including phenoxy) is 1. The average molecular weight is 344 g/mol. The Morgan fingerprint density at radius 2 is 1.80 bits per heavy atom. The number of carbonyl (C=O) groups excluding carboxylic acids is 2. The number of carbonyl (C=O) groups is 2. The van der Waals surface area contributed by atoms with Crippen molar-refractivity contribution in [2.45, 2.75) is 52.1 Å². The van der Waals surface area contributed by atoms with Crippen LogP contribution in [0, 0.1) is 5.92 Å². The molecular formula is C20H28N2O3. The Kier molecular flexibility index (Phi) is 5.02. The molecule has 1 aromatic carbocycles. The molecule has 3 rings (SSSR count). The van der Waals surface area contributed by atoms with Crippen LogP contribution in [0.3, 0.4) is 0 Å². The molecule has 0 aromatic heterocycles. The number of nitrogens with zero attached hydrogens (tertiary/aromatic N) is 2. The number of likely N-dealkylation sites (tertiary alicyclic amines) is 1. The summed E-state index contributed by atoms with van der Waals surface area (Å²) in [6.07, 6.45) is 2.99. The van der Waals surface area contributed by atoms with Gasteiger partial charge in [-0.15, -0.1) is 0 Å². The molecule has 1 fully saturated rings. The maximum absolute atomic E-state index is 12.7. The van der Waals surface area contributed by atoms with Gasteiger partial charge in [0.15, 0.2) is 0 Å². The third-order valence-electron chi connectivity index (χ3n) is 4.92. The van der Waals surface area contributed by atoms with E-state index in [-0.39, 0.29) is 12.0 Å². The second-order valence-electron chi connectivity index (χ2n) is 8.04. The Labute approximate surface area is 149 Å². The molecule has 5 nitrogen and oxygen atoms in total. The summed E-state index contributed by atoms with van der Waals surface area (Å²) in [6.45, 7) is 7.76. The summed E-state index contributed by atoms with van der Waals surface area (Å²) in [5, 5.41) is 0. The number of hydrogen-bond donors (Lipinski definition) is 0. The minimum atomic E-state index is -0.465. The quantitative estimate of drug-likeness (QED) is 0.823. The van der Waals surface area contributed by atoms with Crippen LogP contribution in [-0.4, -0.2) is 42.1 Å². The normalized spacial score (nSPS) is 18.2. The van der Waals surface area contributed by atoms with Crippen LogP contribution in [0.5, 0.6) is 0 Å². The first kappa shape index (κ1) is 17.8. The summed E-state index contributed by atoms with van der Waals surface area (Å²) >= 11 is 0. The fourth-order valence-corrected chi connectivity index (χ4v) is 3.60. The van der Waals surface area contributed by atoms with E-state index in [0.29, 0.717) is 25.4 Å². The lowest BCUT2D eigenvalue weighted by molar-refractivity contribution is -0.119. The van der Waals surface area contributed by atoms with Crippen LogP contribution in [0.4, 0.5) is 10.5 Å². The van der Waals surface area contributed by atoms with Gasteiger partial charge in [-0.25, -0.2) is 4.79 Å². The Hall–Kier alpha value is -2.04. The van der Waals surface area contributed by atoms with Gasteiger partial charge < -0.3 is 14.5 Å². The zero-order chi connectivity index (χ0) is 18.0. The molecule has 0 spiro atoms. The Morgan fingerprint density at radius 3 is 2.48 bits per heavy atom. The Balaban J connectivity index is 1.50. The maximum Gasteiger partial charge on any atom is 0.410 e. The highest BCUT2D eigenvalue weighted by molar-refractivity contribution is 5.95. The smallest absolute Gasteiger partial charge is 0.410 e. The van der Waals surface area contributed by atoms with E-state index < -0.39 is 5.60 Å². The Bertz CT molecular complexity index is 643. The van der Waals surface area contributed by atoms with Crippen LogP contribution < -0.4 is 4.90 Å². The highest BCUT2D eigenvalue weighted by atomic mass is 16.6. The fourth-order valence-electron chi connectivity index (χ4n) is 3.60. The number of piperidine rings is 1.